The third kappa shape index (κ3) is 4.17. The molecule has 3 aromatic heterocycles. The first-order chi connectivity index (χ1) is 13.5. The van der Waals surface area contributed by atoms with Crippen LogP contribution in [0.4, 0.5) is 24.7 Å². The Kier molecular flexibility index (Phi) is 4.52. The molecule has 142 valence electrons. The Balaban J connectivity index is 1.55. The van der Waals surface area contributed by atoms with Crippen LogP contribution >= 0.6 is 0 Å². The van der Waals surface area contributed by atoms with E-state index in [4.69, 9.17) is 0 Å². The van der Waals surface area contributed by atoms with Gasteiger partial charge in [0.1, 0.15) is 17.9 Å². The lowest BCUT2D eigenvalue weighted by Crippen LogP contribution is -2.16. The SMILES string of the molecule is FC(F)(F)Oc1ccc(Nc2ncnc3nn(Cc4ccncc4)cc23)cc1. The summed E-state index contributed by atoms with van der Waals surface area (Å²) in [4.78, 5) is 12.4. The molecule has 0 unspecified atom stereocenters. The quantitative estimate of drug-likeness (QED) is 0.560. The normalized spacial score (nSPS) is 11.5. The molecule has 10 heteroatoms. The summed E-state index contributed by atoms with van der Waals surface area (Å²) >= 11 is 0. The van der Waals surface area contributed by atoms with Crippen molar-refractivity contribution in [3.8, 4) is 5.75 Å². The summed E-state index contributed by atoms with van der Waals surface area (Å²) in [7, 11) is 0. The summed E-state index contributed by atoms with van der Waals surface area (Å²) < 4.78 is 42.4. The Morgan fingerprint density at radius 3 is 2.46 bits per heavy atom. The standard InChI is InChI=1S/C18H13F3N6O/c19-18(20,21)28-14-3-1-13(2-4-14)25-16-15-10-27(26-17(15)24-11-23-16)9-12-5-7-22-8-6-12/h1-8,10-11H,9H2,(H,23,24,25,26). The molecule has 0 spiro atoms. The zero-order valence-corrected chi connectivity index (χ0v) is 14.3. The Morgan fingerprint density at radius 2 is 1.75 bits per heavy atom. The molecule has 0 amide bonds. The molecular formula is C18H13F3N6O. The average Bonchev–Trinajstić information content (AvgIpc) is 3.06. The van der Waals surface area contributed by atoms with Gasteiger partial charge < -0.3 is 10.1 Å². The van der Waals surface area contributed by atoms with Crippen molar-refractivity contribution in [2.24, 2.45) is 0 Å². The first-order valence-corrected chi connectivity index (χ1v) is 8.16. The molecule has 0 atom stereocenters. The van der Waals surface area contributed by atoms with Crippen molar-refractivity contribution in [3.05, 3.63) is 66.9 Å². The third-order valence-electron chi connectivity index (χ3n) is 3.81. The van der Waals surface area contributed by atoms with Crippen LogP contribution in [0.3, 0.4) is 0 Å². The predicted molar refractivity (Wildman–Crippen MR) is 95.1 cm³/mol. The second kappa shape index (κ2) is 7.14. The molecule has 4 aromatic rings. The van der Waals surface area contributed by atoms with Crippen LogP contribution in [-0.2, 0) is 6.54 Å². The maximum atomic E-state index is 12.3. The third-order valence-corrected chi connectivity index (χ3v) is 3.81. The van der Waals surface area contributed by atoms with Crippen LogP contribution < -0.4 is 10.1 Å². The lowest BCUT2D eigenvalue weighted by Gasteiger charge is -2.10. The van der Waals surface area contributed by atoms with Crippen molar-refractivity contribution in [2.45, 2.75) is 12.9 Å². The van der Waals surface area contributed by atoms with E-state index in [2.05, 4.69) is 30.1 Å². The zero-order valence-electron chi connectivity index (χ0n) is 14.3. The van der Waals surface area contributed by atoms with Gasteiger partial charge in [-0.3, -0.25) is 9.67 Å². The lowest BCUT2D eigenvalue weighted by molar-refractivity contribution is -0.274. The maximum Gasteiger partial charge on any atom is 0.573 e. The summed E-state index contributed by atoms with van der Waals surface area (Å²) in [5.41, 5.74) is 2.09. The number of hydrogen-bond acceptors (Lipinski definition) is 6. The van der Waals surface area contributed by atoms with Gasteiger partial charge in [0.15, 0.2) is 5.65 Å². The van der Waals surface area contributed by atoms with E-state index < -0.39 is 6.36 Å². The van der Waals surface area contributed by atoms with E-state index in [9.17, 15) is 13.2 Å². The molecule has 28 heavy (non-hydrogen) atoms. The van der Waals surface area contributed by atoms with Crippen molar-refractivity contribution in [1.29, 1.82) is 0 Å². The van der Waals surface area contributed by atoms with Crippen LogP contribution in [0.15, 0.2) is 61.3 Å². The summed E-state index contributed by atoms with van der Waals surface area (Å²) in [6.45, 7) is 0.543. The largest absolute Gasteiger partial charge is 0.573 e. The molecule has 0 aliphatic carbocycles. The maximum absolute atomic E-state index is 12.3. The highest BCUT2D eigenvalue weighted by Gasteiger charge is 2.30. The van der Waals surface area contributed by atoms with Gasteiger partial charge in [-0.1, -0.05) is 0 Å². The van der Waals surface area contributed by atoms with Crippen molar-refractivity contribution < 1.29 is 17.9 Å². The number of hydrogen-bond donors (Lipinski definition) is 1. The molecule has 0 saturated carbocycles. The summed E-state index contributed by atoms with van der Waals surface area (Å²) in [5, 5.41) is 8.17. The molecule has 0 aliphatic rings. The fourth-order valence-corrected chi connectivity index (χ4v) is 2.62. The van der Waals surface area contributed by atoms with Gasteiger partial charge in [-0.25, -0.2) is 9.97 Å². The molecule has 0 saturated heterocycles. The number of fused-ring (bicyclic) bond motifs is 1. The highest BCUT2D eigenvalue weighted by Crippen LogP contribution is 2.26. The van der Waals surface area contributed by atoms with E-state index in [0.29, 0.717) is 29.1 Å². The van der Waals surface area contributed by atoms with Gasteiger partial charge >= 0.3 is 6.36 Å². The van der Waals surface area contributed by atoms with E-state index in [0.717, 1.165) is 5.56 Å². The zero-order chi connectivity index (χ0) is 19.6. The van der Waals surface area contributed by atoms with Crippen LogP contribution in [0.25, 0.3) is 11.0 Å². The number of ether oxygens (including phenoxy) is 1. The number of benzene rings is 1. The average molecular weight is 386 g/mol. The summed E-state index contributed by atoms with van der Waals surface area (Å²) in [5.74, 6) is 0.200. The minimum Gasteiger partial charge on any atom is -0.406 e. The first-order valence-electron chi connectivity index (χ1n) is 8.16. The Morgan fingerprint density at radius 1 is 1.00 bits per heavy atom. The van der Waals surface area contributed by atoms with E-state index >= 15 is 0 Å². The van der Waals surface area contributed by atoms with Gasteiger partial charge in [0.2, 0.25) is 0 Å². The molecule has 1 N–H and O–H groups in total. The van der Waals surface area contributed by atoms with Gasteiger partial charge in [-0.15, -0.1) is 13.2 Å². The number of rotatable bonds is 5. The second-order valence-electron chi connectivity index (χ2n) is 5.84. The van der Waals surface area contributed by atoms with E-state index in [1.54, 1.807) is 23.3 Å². The lowest BCUT2D eigenvalue weighted by atomic mass is 10.3. The molecule has 0 fully saturated rings. The van der Waals surface area contributed by atoms with Gasteiger partial charge in [0.05, 0.1) is 11.9 Å². The van der Waals surface area contributed by atoms with Crippen molar-refractivity contribution in [3.63, 3.8) is 0 Å². The van der Waals surface area contributed by atoms with Crippen LogP contribution in [0.1, 0.15) is 5.56 Å². The Bertz CT molecular complexity index is 1080. The fourth-order valence-electron chi connectivity index (χ4n) is 2.62. The fraction of sp³-hybridized carbons (Fsp3) is 0.111. The molecule has 0 aliphatic heterocycles. The minimum atomic E-state index is -4.73. The number of halogens is 3. The number of aromatic nitrogens is 5. The second-order valence-corrected chi connectivity index (χ2v) is 5.84. The Hall–Kier alpha value is -3.69. The predicted octanol–water partition coefficient (Wildman–Crippen LogP) is 3.91. The Labute approximate surface area is 156 Å². The number of nitrogens with zero attached hydrogens (tertiary/aromatic N) is 5. The van der Waals surface area contributed by atoms with Crippen LogP contribution in [0.5, 0.6) is 5.75 Å². The number of nitrogens with one attached hydrogen (secondary N) is 1. The van der Waals surface area contributed by atoms with E-state index in [1.807, 2.05) is 12.1 Å². The van der Waals surface area contributed by atoms with Crippen LogP contribution in [0.2, 0.25) is 0 Å². The van der Waals surface area contributed by atoms with Crippen molar-refractivity contribution >= 4 is 22.5 Å². The number of anilines is 2. The van der Waals surface area contributed by atoms with Crippen molar-refractivity contribution in [2.75, 3.05) is 5.32 Å². The van der Waals surface area contributed by atoms with Crippen LogP contribution in [-0.4, -0.2) is 31.1 Å². The highest BCUT2D eigenvalue weighted by atomic mass is 19.4. The molecule has 0 radical (unpaired) electrons. The first kappa shape index (κ1) is 17.7. The summed E-state index contributed by atoms with van der Waals surface area (Å²) in [6, 6.07) is 9.17. The van der Waals surface area contributed by atoms with E-state index in [-0.39, 0.29) is 5.75 Å². The number of alkyl halides is 3. The van der Waals surface area contributed by atoms with E-state index in [1.165, 1.54) is 30.6 Å². The smallest absolute Gasteiger partial charge is 0.406 e. The summed E-state index contributed by atoms with van der Waals surface area (Å²) in [6.07, 6.45) is 1.86. The van der Waals surface area contributed by atoms with Crippen molar-refractivity contribution in [1.82, 2.24) is 24.7 Å². The molecule has 7 nitrogen and oxygen atoms in total. The van der Waals surface area contributed by atoms with Gasteiger partial charge in [-0.05, 0) is 42.0 Å². The molecule has 0 bridgehead atoms. The number of pyridine rings is 1. The van der Waals surface area contributed by atoms with Crippen LogP contribution in [0, 0.1) is 0 Å². The monoisotopic (exact) mass is 386 g/mol. The minimum absolute atomic E-state index is 0.295. The topological polar surface area (TPSA) is 77.8 Å². The van der Waals surface area contributed by atoms with Gasteiger partial charge in [0.25, 0.3) is 0 Å². The highest BCUT2D eigenvalue weighted by molar-refractivity contribution is 5.87. The van der Waals surface area contributed by atoms with Gasteiger partial charge in [0, 0.05) is 24.3 Å². The molecule has 4 rings (SSSR count). The molecule has 1 aromatic carbocycles. The molecule has 3 heterocycles. The molecular weight excluding hydrogens is 373 g/mol. The van der Waals surface area contributed by atoms with Gasteiger partial charge in [-0.2, -0.15) is 5.10 Å².